The Morgan fingerprint density at radius 2 is 2.42 bits per heavy atom. The molecule has 2 aromatic rings. The van der Waals surface area contributed by atoms with Crippen molar-refractivity contribution in [3.8, 4) is 0 Å². The summed E-state index contributed by atoms with van der Waals surface area (Å²) >= 11 is 3.26. The lowest BCUT2D eigenvalue weighted by Crippen LogP contribution is -2.26. The van der Waals surface area contributed by atoms with Gasteiger partial charge in [-0.3, -0.25) is 9.89 Å². The second-order valence-corrected chi connectivity index (χ2v) is 4.47. The van der Waals surface area contributed by atoms with Crippen LogP contribution in [0.4, 0.5) is 5.69 Å². The van der Waals surface area contributed by atoms with Gasteiger partial charge in [-0.15, -0.1) is 0 Å². The molecule has 0 aliphatic rings. The van der Waals surface area contributed by atoms with Crippen molar-refractivity contribution in [1.29, 1.82) is 0 Å². The van der Waals surface area contributed by atoms with E-state index in [4.69, 9.17) is 4.74 Å². The highest BCUT2D eigenvalue weighted by Crippen LogP contribution is 2.16. The molecule has 0 aromatic carbocycles. The molecule has 0 bridgehead atoms. The topological polar surface area (TPSA) is 97.7 Å². The van der Waals surface area contributed by atoms with E-state index in [9.17, 15) is 4.79 Å². The average Bonchev–Trinajstić information content (AvgIpc) is 2.92. The van der Waals surface area contributed by atoms with Gasteiger partial charge in [-0.2, -0.15) is 10.2 Å². The van der Waals surface area contributed by atoms with Gasteiger partial charge in [0.1, 0.15) is 16.6 Å². The van der Waals surface area contributed by atoms with Crippen LogP contribution in [0.15, 0.2) is 21.8 Å². The fourth-order valence-corrected chi connectivity index (χ4v) is 1.87. The summed E-state index contributed by atoms with van der Waals surface area (Å²) in [4.78, 5) is 16.0. The maximum absolute atomic E-state index is 12.0. The fraction of sp³-hybridized carbons (Fsp3) is 0.400. The first-order chi connectivity index (χ1) is 9.22. The third kappa shape index (κ3) is 3.38. The van der Waals surface area contributed by atoms with Crippen LogP contribution in [0.1, 0.15) is 5.82 Å². The average molecular weight is 329 g/mol. The molecule has 0 fully saturated rings. The van der Waals surface area contributed by atoms with Crippen LogP contribution in [0, 0.1) is 0 Å². The number of anilines is 1. The van der Waals surface area contributed by atoms with Crippen molar-refractivity contribution in [2.75, 3.05) is 19.0 Å². The number of methoxy groups -OCH3 is 1. The van der Waals surface area contributed by atoms with Crippen molar-refractivity contribution < 1.29 is 4.74 Å². The van der Waals surface area contributed by atoms with Crippen molar-refractivity contribution in [3.63, 3.8) is 0 Å². The lowest BCUT2D eigenvalue weighted by atomic mass is 10.4. The van der Waals surface area contributed by atoms with Gasteiger partial charge in [0.25, 0.3) is 5.56 Å². The maximum Gasteiger partial charge on any atom is 0.283 e. The molecule has 2 N–H and O–H groups in total. The number of nitrogens with zero attached hydrogens (tertiary/aromatic N) is 4. The van der Waals surface area contributed by atoms with Crippen molar-refractivity contribution >= 4 is 21.6 Å². The van der Waals surface area contributed by atoms with Crippen LogP contribution in [0.2, 0.25) is 0 Å². The summed E-state index contributed by atoms with van der Waals surface area (Å²) in [5, 5.41) is 13.6. The van der Waals surface area contributed by atoms with Crippen molar-refractivity contribution in [1.82, 2.24) is 25.0 Å². The van der Waals surface area contributed by atoms with Gasteiger partial charge in [0, 0.05) is 7.11 Å². The van der Waals surface area contributed by atoms with E-state index in [0.29, 0.717) is 35.7 Å². The van der Waals surface area contributed by atoms with Gasteiger partial charge in [0.2, 0.25) is 0 Å². The number of halogens is 1. The summed E-state index contributed by atoms with van der Waals surface area (Å²) in [6.07, 6.45) is 3.00. The zero-order valence-corrected chi connectivity index (χ0v) is 11.8. The normalized spacial score (nSPS) is 10.6. The Morgan fingerprint density at radius 1 is 1.58 bits per heavy atom. The molecule has 0 saturated heterocycles. The Balaban J connectivity index is 2.09. The molecule has 0 aliphatic carbocycles. The minimum atomic E-state index is -0.209. The molecule has 0 unspecified atom stereocenters. The SMILES string of the molecule is COCCn1ncc(NCc2ncn[nH]2)c(Br)c1=O. The number of hydrogen-bond donors (Lipinski definition) is 2. The zero-order chi connectivity index (χ0) is 13.7. The van der Waals surface area contributed by atoms with E-state index in [2.05, 4.69) is 41.5 Å². The molecule has 9 heteroatoms. The smallest absolute Gasteiger partial charge is 0.283 e. The second kappa shape index (κ2) is 6.43. The van der Waals surface area contributed by atoms with Crippen LogP contribution in [0.25, 0.3) is 0 Å². The number of nitrogens with one attached hydrogen (secondary N) is 2. The highest BCUT2D eigenvalue weighted by Gasteiger charge is 2.08. The van der Waals surface area contributed by atoms with Gasteiger partial charge in [0.15, 0.2) is 0 Å². The first-order valence-corrected chi connectivity index (χ1v) is 6.34. The van der Waals surface area contributed by atoms with Gasteiger partial charge in [0.05, 0.1) is 31.6 Å². The second-order valence-electron chi connectivity index (χ2n) is 3.68. The number of ether oxygens (including phenoxy) is 1. The predicted molar refractivity (Wildman–Crippen MR) is 71.8 cm³/mol. The van der Waals surface area contributed by atoms with E-state index in [-0.39, 0.29) is 5.56 Å². The van der Waals surface area contributed by atoms with E-state index in [0.717, 1.165) is 0 Å². The highest BCUT2D eigenvalue weighted by molar-refractivity contribution is 9.10. The lowest BCUT2D eigenvalue weighted by molar-refractivity contribution is 0.181. The zero-order valence-electron chi connectivity index (χ0n) is 10.3. The maximum atomic E-state index is 12.0. The van der Waals surface area contributed by atoms with E-state index in [1.807, 2.05) is 0 Å². The third-order valence-corrected chi connectivity index (χ3v) is 3.17. The van der Waals surface area contributed by atoms with E-state index in [1.165, 1.54) is 11.0 Å². The van der Waals surface area contributed by atoms with Crippen LogP contribution < -0.4 is 10.9 Å². The molecule has 0 amide bonds. The standard InChI is InChI=1S/C10H13BrN6O2/c1-19-3-2-17-10(18)9(11)7(4-15-17)12-5-8-13-6-14-16-8/h4,6,12H,2-3,5H2,1H3,(H,13,14,16). The quantitative estimate of drug-likeness (QED) is 0.795. The molecule has 0 radical (unpaired) electrons. The number of aromatic amines is 1. The molecule has 102 valence electrons. The summed E-state index contributed by atoms with van der Waals surface area (Å²) in [5.74, 6) is 0.676. The molecule has 0 aliphatic heterocycles. The minimum Gasteiger partial charge on any atom is -0.383 e. The first-order valence-electron chi connectivity index (χ1n) is 5.55. The predicted octanol–water partition coefficient (Wildman–Crippen LogP) is 0.382. The van der Waals surface area contributed by atoms with Crippen LogP contribution in [0.5, 0.6) is 0 Å². The molecule has 0 atom stereocenters. The Morgan fingerprint density at radius 3 is 3.11 bits per heavy atom. The Kier molecular flexibility index (Phi) is 4.63. The van der Waals surface area contributed by atoms with Crippen LogP contribution in [-0.4, -0.2) is 38.7 Å². The molecule has 8 nitrogen and oxygen atoms in total. The third-order valence-electron chi connectivity index (χ3n) is 2.40. The van der Waals surface area contributed by atoms with E-state index < -0.39 is 0 Å². The molecule has 2 aromatic heterocycles. The van der Waals surface area contributed by atoms with Crippen molar-refractivity contribution in [2.45, 2.75) is 13.1 Å². The lowest BCUT2D eigenvalue weighted by Gasteiger charge is -2.09. The summed E-state index contributed by atoms with van der Waals surface area (Å²) in [6.45, 7) is 1.28. The number of hydrogen-bond acceptors (Lipinski definition) is 6. The summed E-state index contributed by atoms with van der Waals surface area (Å²) in [5.41, 5.74) is 0.398. The van der Waals surface area contributed by atoms with Crippen LogP contribution >= 0.6 is 15.9 Å². The van der Waals surface area contributed by atoms with Gasteiger partial charge >= 0.3 is 0 Å². The number of H-pyrrole nitrogens is 1. The Labute approximate surface area is 117 Å². The summed E-state index contributed by atoms with van der Waals surface area (Å²) in [7, 11) is 1.58. The molecule has 2 heterocycles. The number of rotatable bonds is 6. The molecule has 0 saturated carbocycles. The molecular formula is C10H13BrN6O2. The van der Waals surface area contributed by atoms with E-state index in [1.54, 1.807) is 13.3 Å². The van der Waals surface area contributed by atoms with Gasteiger partial charge < -0.3 is 10.1 Å². The summed E-state index contributed by atoms with van der Waals surface area (Å²) < 4.78 is 6.69. The summed E-state index contributed by atoms with van der Waals surface area (Å²) in [6, 6.07) is 0. The van der Waals surface area contributed by atoms with Gasteiger partial charge in [-0.1, -0.05) is 0 Å². The fourth-order valence-electron chi connectivity index (χ4n) is 1.42. The van der Waals surface area contributed by atoms with Crippen LogP contribution in [-0.2, 0) is 17.8 Å². The highest BCUT2D eigenvalue weighted by atomic mass is 79.9. The molecule has 2 rings (SSSR count). The monoisotopic (exact) mass is 328 g/mol. The Hall–Kier alpha value is -1.74. The first kappa shape index (κ1) is 13.7. The Bertz CT molecular complexity index is 582. The number of aromatic nitrogens is 5. The van der Waals surface area contributed by atoms with Crippen LogP contribution in [0.3, 0.4) is 0 Å². The largest absolute Gasteiger partial charge is 0.383 e. The minimum absolute atomic E-state index is 0.209. The molecule has 0 spiro atoms. The van der Waals surface area contributed by atoms with Gasteiger partial charge in [-0.05, 0) is 15.9 Å². The molecular weight excluding hydrogens is 316 g/mol. The van der Waals surface area contributed by atoms with Gasteiger partial charge in [-0.25, -0.2) is 9.67 Å². The van der Waals surface area contributed by atoms with E-state index >= 15 is 0 Å². The van der Waals surface area contributed by atoms with Crippen molar-refractivity contribution in [2.24, 2.45) is 0 Å². The molecule has 19 heavy (non-hydrogen) atoms. The van der Waals surface area contributed by atoms with Crippen molar-refractivity contribution in [3.05, 3.63) is 33.2 Å².